The highest BCUT2D eigenvalue weighted by Gasteiger charge is 2.11. The Balaban J connectivity index is 1.32. The molecule has 0 aliphatic carbocycles. The smallest absolute Gasteiger partial charge is 0.226 e. The number of benzene rings is 1. The number of oxazole rings is 1. The van der Waals surface area contributed by atoms with E-state index in [0.29, 0.717) is 28.2 Å². The van der Waals surface area contributed by atoms with E-state index in [1.165, 1.54) is 11.3 Å². The molecule has 136 valence electrons. The molecular weight excluding hydrogens is 402 g/mol. The molecule has 4 aromatic rings. The summed E-state index contributed by atoms with van der Waals surface area (Å²) < 4.78 is 5.72. The van der Waals surface area contributed by atoms with Crippen LogP contribution in [0, 0.1) is 0 Å². The minimum Gasteiger partial charge on any atom is -0.441 e. The standard InChI is InChI=1S/C19H14ClN3O2S2/c20-13-5-3-12(4-6-13)15-10-21-18(25-15)8-7-17(24)23-19-22-14(11-27-19)16-2-1-9-26-16/h1-6,9-11H,7-8H2,(H,22,23,24). The lowest BCUT2D eigenvalue weighted by atomic mass is 10.2. The van der Waals surface area contributed by atoms with Gasteiger partial charge in [-0.25, -0.2) is 9.97 Å². The van der Waals surface area contributed by atoms with Gasteiger partial charge >= 0.3 is 0 Å². The number of halogens is 1. The minimum atomic E-state index is -0.117. The summed E-state index contributed by atoms with van der Waals surface area (Å²) in [6.45, 7) is 0. The van der Waals surface area contributed by atoms with Crippen LogP contribution in [0.15, 0.2) is 57.8 Å². The van der Waals surface area contributed by atoms with E-state index >= 15 is 0 Å². The maximum Gasteiger partial charge on any atom is 0.226 e. The molecule has 8 heteroatoms. The third-order valence-corrected chi connectivity index (χ3v) is 5.67. The fraction of sp³-hybridized carbons (Fsp3) is 0.105. The fourth-order valence-corrected chi connectivity index (χ4v) is 4.06. The number of nitrogens with one attached hydrogen (secondary N) is 1. The zero-order chi connectivity index (χ0) is 18.6. The Labute approximate surface area is 168 Å². The summed E-state index contributed by atoms with van der Waals surface area (Å²) in [4.78, 5) is 21.9. The van der Waals surface area contributed by atoms with Gasteiger partial charge in [0.25, 0.3) is 0 Å². The quantitative estimate of drug-likeness (QED) is 0.435. The van der Waals surface area contributed by atoms with Gasteiger partial charge in [-0.2, -0.15) is 0 Å². The number of carbonyl (C=O) groups excluding carboxylic acids is 1. The van der Waals surface area contributed by atoms with Crippen molar-refractivity contribution in [2.75, 3.05) is 5.32 Å². The summed E-state index contributed by atoms with van der Waals surface area (Å²) in [6.07, 6.45) is 2.35. The van der Waals surface area contributed by atoms with Gasteiger partial charge in [-0.15, -0.1) is 22.7 Å². The summed E-state index contributed by atoms with van der Waals surface area (Å²) in [5.41, 5.74) is 1.78. The van der Waals surface area contributed by atoms with Crippen molar-refractivity contribution in [2.24, 2.45) is 0 Å². The van der Waals surface area contributed by atoms with Crippen LogP contribution in [0.2, 0.25) is 5.02 Å². The predicted molar refractivity (Wildman–Crippen MR) is 109 cm³/mol. The summed E-state index contributed by atoms with van der Waals surface area (Å²) in [5, 5.41) is 8.03. The van der Waals surface area contributed by atoms with Gasteiger partial charge in [0.05, 0.1) is 16.8 Å². The Kier molecular flexibility index (Phi) is 5.33. The van der Waals surface area contributed by atoms with Crippen LogP contribution in [0.25, 0.3) is 21.9 Å². The van der Waals surface area contributed by atoms with Crippen molar-refractivity contribution in [3.8, 4) is 21.9 Å². The van der Waals surface area contributed by atoms with Crippen LogP contribution in [0.4, 0.5) is 5.13 Å². The van der Waals surface area contributed by atoms with Gasteiger partial charge in [0.15, 0.2) is 16.8 Å². The van der Waals surface area contributed by atoms with E-state index in [0.717, 1.165) is 16.1 Å². The number of thiazole rings is 1. The number of hydrogen-bond acceptors (Lipinski definition) is 6. The zero-order valence-corrected chi connectivity index (χ0v) is 16.4. The SMILES string of the molecule is O=C(CCc1ncc(-c2ccc(Cl)cc2)o1)Nc1nc(-c2cccs2)cs1. The van der Waals surface area contributed by atoms with Gasteiger partial charge < -0.3 is 9.73 Å². The average Bonchev–Trinajstić information content (AvgIpc) is 3.42. The second kappa shape index (κ2) is 8.04. The van der Waals surface area contributed by atoms with Crippen LogP contribution in [0.1, 0.15) is 12.3 Å². The molecule has 0 aliphatic heterocycles. The predicted octanol–water partition coefficient (Wildman–Crippen LogP) is 5.75. The largest absolute Gasteiger partial charge is 0.441 e. The van der Waals surface area contributed by atoms with Crippen LogP contribution >= 0.6 is 34.3 Å². The van der Waals surface area contributed by atoms with Gasteiger partial charge in [0.2, 0.25) is 5.91 Å². The number of carbonyl (C=O) groups is 1. The normalized spacial score (nSPS) is 10.9. The summed E-state index contributed by atoms with van der Waals surface area (Å²) in [7, 11) is 0. The van der Waals surface area contributed by atoms with Crippen molar-refractivity contribution in [1.82, 2.24) is 9.97 Å². The van der Waals surface area contributed by atoms with E-state index in [1.807, 2.05) is 35.0 Å². The number of hydrogen-bond donors (Lipinski definition) is 1. The molecule has 1 aromatic carbocycles. The van der Waals surface area contributed by atoms with Crippen LogP contribution in [-0.4, -0.2) is 15.9 Å². The van der Waals surface area contributed by atoms with E-state index in [9.17, 15) is 4.79 Å². The van der Waals surface area contributed by atoms with Gasteiger partial charge in [-0.05, 0) is 35.7 Å². The molecule has 0 spiro atoms. The molecule has 3 aromatic heterocycles. The zero-order valence-electron chi connectivity index (χ0n) is 14.0. The summed E-state index contributed by atoms with van der Waals surface area (Å²) in [6, 6.07) is 11.3. The number of aromatic nitrogens is 2. The first-order chi connectivity index (χ1) is 13.2. The molecule has 1 N–H and O–H groups in total. The van der Waals surface area contributed by atoms with Crippen molar-refractivity contribution in [3.05, 3.63) is 64.3 Å². The first-order valence-electron chi connectivity index (χ1n) is 8.17. The second-order valence-corrected chi connectivity index (χ2v) is 7.93. The van der Waals surface area contributed by atoms with E-state index in [1.54, 1.807) is 29.7 Å². The number of aryl methyl sites for hydroxylation is 1. The highest BCUT2D eigenvalue weighted by atomic mass is 35.5. The molecule has 0 saturated heterocycles. The average molecular weight is 416 g/mol. The maximum atomic E-state index is 12.2. The van der Waals surface area contributed by atoms with Crippen molar-refractivity contribution >= 4 is 45.3 Å². The molecule has 0 radical (unpaired) electrons. The van der Waals surface area contributed by atoms with E-state index in [-0.39, 0.29) is 12.3 Å². The third kappa shape index (κ3) is 4.44. The number of nitrogens with zero attached hydrogens (tertiary/aromatic N) is 2. The van der Waals surface area contributed by atoms with Crippen LogP contribution < -0.4 is 5.32 Å². The first kappa shape index (κ1) is 17.9. The van der Waals surface area contributed by atoms with Crippen molar-refractivity contribution in [1.29, 1.82) is 0 Å². The lowest BCUT2D eigenvalue weighted by Gasteiger charge is -2.00. The Bertz CT molecular complexity index is 1040. The Morgan fingerprint density at radius 3 is 2.81 bits per heavy atom. The van der Waals surface area contributed by atoms with Crippen molar-refractivity contribution in [2.45, 2.75) is 12.8 Å². The van der Waals surface area contributed by atoms with Gasteiger partial charge in [0.1, 0.15) is 0 Å². The summed E-state index contributed by atoms with van der Waals surface area (Å²) >= 11 is 8.93. The van der Waals surface area contributed by atoms with E-state index in [4.69, 9.17) is 16.0 Å². The second-order valence-electron chi connectivity index (χ2n) is 5.69. The lowest BCUT2D eigenvalue weighted by molar-refractivity contribution is -0.116. The van der Waals surface area contributed by atoms with Crippen molar-refractivity contribution in [3.63, 3.8) is 0 Å². The molecular formula is C19H14ClN3O2S2. The maximum absolute atomic E-state index is 12.2. The van der Waals surface area contributed by atoms with Gasteiger partial charge in [0, 0.05) is 28.8 Å². The Hall–Kier alpha value is -2.48. The molecule has 0 bridgehead atoms. The monoisotopic (exact) mass is 415 g/mol. The number of anilines is 1. The highest BCUT2D eigenvalue weighted by molar-refractivity contribution is 7.16. The fourth-order valence-electron chi connectivity index (χ4n) is 2.44. The van der Waals surface area contributed by atoms with Crippen LogP contribution in [0.5, 0.6) is 0 Å². The molecule has 0 saturated carbocycles. The summed E-state index contributed by atoms with van der Waals surface area (Å²) in [5.74, 6) is 1.06. The van der Waals surface area contributed by atoms with Gasteiger partial charge in [-0.1, -0.05) is 17.7 Å². The van der Waals surface area contributed by atoms with Crippen LogP contribution in [-0.2, 0) is 11.2 Å². The highest BCUT2D eigenvalue weighted by Crippen LogP contribution is 2.28. The number of rotatable bonds is 6. The topological polar surface area (TPSA) is 68.0 Å². The first-order valence-corrected chi connectivity index (χ1v) is 10.3. The molecule has 0 atom stereocenters. The number of amides is 1. The molecule has 3 heterocycles. The Morgan fingerprint density at radius 2 is 2.04 bits per heavy atom. The van der Waals surface area contributed by atoms with E-state index < -0.39 is 0 Å². The minimum absolute atomic E-state index is 0.117. The molecule has 0 fully saturated rings. The molecule has 1 amide bonds. The molecule has 0 aliphatic rings. The van der Waals surface area contributed by atoms with E-state index in [2.05, 4.69) is 15.3 Å². The van der Waals surface area contributed by atoms with Gasteiger partial charge in [-0.3, -0.25) is 4.79 Å². The molecule has 5 nitrogen and oxygen atoms in total. The lowest BCUT2D eigenvalue weighted by Crippen LogP contribution is -2.12. The Morgan fingerprint density at radius 1 is 1.19 bits per heavy atom. The van der Waals surface area contributed by atoms with Crippen molar-refractivity contribution < 1.29 is 9.21 Å². The molecule has 4 rings (SSSR count). The molecule has 27 heavy (non-hydrogen) atoms. The third-order valence-electron chi connectivity index (χ3n) is 3.77. The number of thiophene rings is 1. The van der Waals surface area contributed by atoms with Crippen LogP contribution in [0.3, 0.4) is 0 Å². The molecule has 0 unspecified atom stereocenters.